The summed E-state index contributed by atoms with van der Waals surface area (Å²) in [5.41, 5.74) is 6.39. The van der Waals surface area contributed by atoms with Crippen molar-refractivity contribution in [1.82, 2.24) is 14.8 Å². The minimum atomic E-state index is -1.01. The van der Waals surface area contributed by atoms with Crippen LogP contribution in [0.25, 0.3) is 28.5 Å². The zero-order valence-corrected chi connectivity index (χ0v) is 35.2. The number of aromatic nitrogens is 3. The molecular weight excluding hydrogens is 656 g/mol. The van der Waals surface area contributed by atoms with Crippen LogP contribution in [0.4, 0.5) is 0 Å². The molecule has 0 aliphatic heterocycles. The molecule has 0 fully saturated rings. The average molecular weight is 728 g/mol. The van der Waals surface area contributed by atoms with Gasteiger partial charge >= 0.3 is 0 Å². The molecule has 0 spiro atoms. The molecule has 4 aromatic rings. The third-order valence-corrected chi connectivity index (χ3v) is 20.7. The fourth-order valence-corrected chi connectivity index (χ4v) is 18.1. The van der Waals surface area contributed by atoms with Crippen molar-refractivity contribution in [2.45, 2.75) is 131 Å². The Morgan fingerprint density at radius 3 is 1.02 bits per heavy atom. The van der Waals surface area contributed by atoms with Crippen molar-refractivity contribution < 1.29 is 0 Å². The van der Waals surface area contributed by atoms with Crippen molar-refractivity contribution in [3.8, 4) is 28.5 Å². The Kier molecular flexibility index (Phi) is 17.9. The Hall–Kier alpha value is -2.34. The van der Waals surface area contributed by atoms with Crippen molar-refractivity contribution in [2.24, 2.45) is 0 Å². The lowest BCUT2D eigenvalue weighted by molar-refractivity contribution is 0.832. The molecule has 0 aliphatic rings. The summed E-state index contributed by atoms with van der Waals surface area (Å²) in [4.78, 5) is 0. The van der Waals surface area contributed by atoms with Crippen LogP contribution >= 0.6 is 14.5 Å². The molecule has 3 nitrogen and oxygen atoms in total. The molecule has 5 heteroatoms. The van der Waals surface area contributed by atoms with Crippen LogP contribution in [0.3, 0.4) is 0 Å². The van der Waals surface area contributed by atoms with Gasteiger partial charge in [-0.3, -0.25) is 4.57 Å². The first kappa shape index (κ1) is 41.4. The molecule has 0 bridgehead atoms. The SMILES string of the molecule is CCCC[P+](CCCC)(CCCC)Cc1ccc(-c2nnc(-c3ccc(C[P+](CCCC)(CCCC)CCCC)cc3)n2-c2ccccc2)cc1. The molecule has 4 rings (SSSR count). The first-order valence-electron chi connectivity index (χ1n) is 20.9. The summed E-state index contributed by atoms with van der Waals surface area (Å²) in [6.07, 6.45) is 27.4. The minimum Gasteiger partial charge on any atom is -0.275 e. The molecule has 278 valence electrons. The lowest BCUT2D eigenvalue weighted by atomic mass is 10.1. The number of nitrogens with zero attached hydrogens (tertiary/aromatic N) is 3. The van der Waals surface area contributed by atoms with Crippen molar-refractivity contribution in [3.63, 3.8) is 0 Å². The highest BCUT2D eigenvalue weighted by molar-refractivity contribution is 7.75. The van der Waals surface area contributed by atoms with Gasteiger partial charge in [-0.2, -0.15) is 0 Å². The highest BCUT2D eigenvalue weighted by atomic mass is 31.2. The van der Waals surface area contributed by atoms with E-state index >= 15 is 0 Å². The molecule has 0 unspecified atom stereocenters. The third kappa shape index (κ3) is 12.1. The molecule has 1 aromatic heterocycles. The lowest BCUT2D eigenvalue weighted by Crippen LogP contribution is -2.11. The van der Waals surface area contributed by atoms with Gasteiger partial charge in [-0.1, -0.05) is 147 Å². The third-order valence-electron chi connectivity index (χ3n) is 11.1. The molecule has 0 saturated heterocycles. The standard InChI is InChI=1S/C46H71N3P2/c1-7-13-32-50(33-14-8-2,34-15-9-3)38-40-24-28-42(29-25-40)45-47-48-46(49(45)44-22-20-19-21-23-44)43-30-26-41(27-31-43)39-51(35-16-10-4,36-17-11-5)37-18-12-6/h19-31H,7-18,32-39H2,1-6H3/q+2. The van der Waals surface area contributed by atoms with E-state index in [1.807, 2.05) is 0 Å². The molecule has 0 aliphatic carbocycles. The molecule has 0 amide bonds. The maximum absolute atomic E-state index is 4.87. The van der Waals surface area contributed by atoms with Crippen LogP contribution in [0.15, 0.2) is 78.9 Å². The van der Waals surface area contributed by atoms with Gasteiger partial charge in [0.05, 0.1) is 49.3 Å². The van der Waals surface area contributed by atoms with E-state index in [1.165, 1.54) is 137 Å². The largest absolute Gasteiger partial charge is 0.275 e. The van der Waals surface area contributed by atoms with Crippen LogP contribution in [0, 0.1) is 0 Å². The maximum Gasteiger partial charge on any atom is 0.168 e. The summed E-state index contributed by atoms with van der Waals surface area (Å²) in [6, 6.07) is 29.5. The van der Waals surface area contributed by atoms with Gasteiger partial charge < -0.3 is 0 Å². The Bertz CT molecular complexity index is 1370. The molecule has 3 aromatic carbocycles. The zero-order valence-electron chi connectivity index (χ0n) is 33.4. The average Bonchev–Trinajstić information content (AvgIpc) is 3.62. The second kappa shape index (κ2) is 22.0. The summed E-state index contributed by atoms with van der Waals surface area (Å²) in [5, 5.41) is 9.75. The van der Waals surface area contributed by atoms with E-state index in [9.17, 15) is 0 Å². The fraction of sp³-hybridized carbons (Fsp3) is 0.565. The van der Waals surface area contributed by atoms with Crippen molar-refractivity contribution in [3.05, 3.63) is 90.0 Å². The number of unbranched alkanes of at least 4 members (excludes halogenated alkanes) is 6. The van der Waals surface area contributed by atoms with E-state index in [1.54, 1.807) is 0 Å². The van der Waals surface area contributed by atoms with Crippen LogP contribution in [-0.2, 0) is 12.3 Å². The van der Waals surface area contributed by atoms with Crippen LogP contribution in [0.1, 0.15) is 130 Å². The zero-order chi connectivity index (χ0) is 36.4. The first-order chi connectivity index (χ1) is 25.0. The summed E-state index contributed by atoms with van der Waals surface area (Å²) in [7, 11) is -2.03. The van der Waals surface area contributed by atoms with Gasteiger partial charge in [0.1, 0.15) is 0 Å². The molecule has 0 atom stereocenters. The monoisotopic (exact) mass is 728 g/mol. The number of hydrogen-bond donors (Lipinski definition) is 0. The highest BCUT2D eigenvalue weighted by Crippen LogP contribution is 2.64. The predicted molar refractivity (Wildman–Crippen MR) is 232 cm³/mol. The topological polar surface area (TPSA) is 30.7 Å². The first-order valence-corrected chi connectivity index (χ1v) is 25.9. The number of para-hydroxylation sites is 1. The van der Waals surface area contributed by atoms with Crippen LogP contribution < -0.4 is 0 Å². The van der Waals surface area contributed by atoms with Gasteiger partial charge in [-0.05, 0) is 61.8 Å². The van der Waals surface area contributed by atoms with Crippen molar-refractivity contribution >= 4 is 14.5 Å². The molecule has 51 heavy (non-hydrogen) atoms. The molecule has 1 heterocycles. The number of hydrogen-bond acceptors (Lipinski definition) is 2. The normalized spacial score (nSPS) is 12.1. The van der Waals surface area contributed by atoms with E-state index in [-0.39, 0.29) is 0 Å². The van der Waals surface area contributed by atoms with Gasteiger partial charge in [0.15, 0.2) is 11.6 Å². The maximum atomic E-state index is 4.87. The van der Waals surface area contributed by atoms with Gasteiger partial charge in [0.2, 0.25) is 0 Å². The van der Waals surface area contributed by atoms with Crippen molar-refractivity contribution in [1.29, 1.82) is 0 Å². The molecular formula is C46H71N3P2+2. The van der Waals surface area contributed by atoms with E-state index < -0.39 is 14.5 Å². The smallest absolute Gasteiger partial charge is 0.168 e. The molecule has 0 saturated carbocycles. The fourth-order valence-electron chi connectivity index (χ4n) is 7.88. The van der Waals surface area contributed by atoms with Gasteiger partial charge in [0, 0.05) is 31.3 Å². The number of benzene rings is 3. The Labute approximate surface area is 314 Å². The second-order valence-corrected chi connectivity index (χ2v) is 24.1. The van der Waals surface area contributed by atoms with Crippen LogP contribution in [-0.4, -0.2) is 51.7 Å². The Morgan fingerprint density at radius 1 is 0.412 bits per heavy atom. The predicted octanol–water partition coefficient (Wildman–Crippen LogP) is 14.4. The highest BCUT2D eigenvalue weighted by Gasteiger charge is 2.37. The Morgan fingerprint density at radius 2 is 0.725 bits per heavy atom. The van der Waals surface area contributed by atoms with Gasteiger partial charge in [0.25, 0.3) is 0 Å². The van der Waals surface area contributed by atoms with Crippen LogP contribution in [0.2, 0.25) is 0 Å². The van der Waals surface area contributed by atoms with E-state index in [2.05, 4.69) is 125 Å². The minimum absolute atomic E-state index is 0.916. The van der Waals surface area contributed by atoms with E-state index in [0.717, 1.165) is 28.5 Å². The lowest BCUT2D eigenvalue weighted by Gasteiger charge is -2.28. The Balaban J connectivity index is 1.65. The summed E-state index contributed by atoms with van der Waals surface area (Å²) < 4.78 is 2.27. The van der Waals surface area contributed by atoms with Crippen molar-refractivity contribution in [2.75, 3.05) is 37.0 Å². The summed E-state index contributed by atoms with van der Waals surface area (Å²) in [6.45, 7) is 14.2. The van der Waals surface area contributed by atoms with Gasteiger partial charge in [-0.15, -0.1) is 10.2 Å². The second-order valence-electron chi connectivity index (χ2n) is 15.4. The van der Waals surface area contributed by atoms with Crippen LogP contribution in [0.5, 0.6) is 0 Å². The quantitative estimate of drug-likeness (QED) is 0.0636. The summed E-state index contributed by atoms with van der Waals surface area (Å²) >= 11 is 0. The molecule has 0 radical (unpaired) electrons. The van der Waals surface area contributed by atoms with E-state index in [0.29, 0.717) is 0 Å². The van der Waals surface area contributed by atoms with Gasteiger partial charge in [-0.25, -0.2) is 0 Å². The van der Waals surface area contributed by atoms with E-state index in [4.69, 9.17) is 10.2 Å². The molecule has 0 N–H and O–H groups in total. The number of rotatable bonds is 25. The summed E-state index contributed by atoms with van der Waals surface area (Å²) in [5.74, 6) is 1.83.